The first-order valence-corrected chi connectivity index (χ1v) is 10.6. The maximum absolute atomic E-state index is 2.44. The van der Waals surface area contributed by atoms with Crippen LogP contribution in [-0.2, 0) is 25.8 Å². The van der Waals surface area contributed by atoms with E-state index in [1.165, 1.54) is 65.5 Å². The van der Waals surface area contributed by atoms with Crippen molar-refractivity contribution in [1.82, 2.24) is 0 Å². The van der Waals surface area contributed by atoms with Gasteiger partial charge in [0.1, 0.15) is 0 Å². The number of hydrogen-bond donors (Lipinski definition) is 0. The van der Waals surface area contributed by atoms with Gasteiger partial charge in [-0.25, -0.2) is 0 Å². The molecule has 0 spiro atoms. The topological polar surface area (TPSA) is 0 Å². The molecule has 0 fully saturated rings. The van der Waals surface area contributed by atoms with Crippen molar-refractivity contribution in [2.24, 2.45) is 0 Å². The second-order valence-electron chi connectivity index (χ2n) is 8.62. The summed E-state index contributed by atoms with van der Waals surface area (Å²) in [6.07, 6.45) is 16.2. The van der Waals surface area contributed by atoms with Crippen molar-refractivity contribution in [3.05, 3.63) is 80.9 Å². The second-order valence-corrected chi connectivity index (χ2v) is 8.62. The van der Waals surface area contributed by atoms with Gasteiger partial charge in [0.05, 0.1) is 0 Å². The molecule has 2 aromatic rings. The van der Waals surface area contributed by atoms with Crippen LogP contribution in [0.4, 0.5) is 0 Å². The molecule has 0 saturated heterocycles. The Bertz CT molecular complexity index is 841. The van der Waals surface area contributed by atoms with Crippen molar-refractivity contribution in [2.75, 3.05) is 0 Å². The Labute approximate surface area is 189 Å². The first-order chi connectivity index (χ1) is 13.1. The van der Waals surface area contributed by atoms with Crippen LogP contribution in [0.1, 0.15) is 88.4 Å². The van der Waals surface area contributed by atoms with E-state index in [-0.39, 0.29) is 25.8 Å². The van der Waals surface area contributed by atoms with Gasteiger partial charge < -0.3 is 0 Å². The molecule has 28 heavy (non-hydrogen) atoms. The number of hydrogen-bond acceptors (Lipinski definition) is 0. The maximum atomic E-state index is 2.44. The van der Waals surface area contributed by atoms with Crippen LogP contribution in [0.3, 0.4) is 0 Å². The Morgan fingerprint density at radius 2 is 0.964 bits per heavy atom. The van der Waals surface area contributed by atoms with E-state index in [0.717, 1.165) is 0 Å². The predicted octanol–water partition coefficient (Wildman–Crippen LogP) is 7.79. The Kier molecular flexibility index (Phi) is 6.97. The van der Waals surface area contributed by atoms with Gasteiger partial charge in [-0.2, -0.15) is 0 Å². The minimum atomic E-state index is 0. The summed E-state index contributed by atoms with van der Waals surface area (Å²) in [5.74, 6) is 1.27. The van der Waals surface area contributed by atoms with Crippen LogP contribution >= 0.6 is 0 Å². The van der Waals surface area contributed by atoms with Crippen LogP contribution in [0.2, 0.25) is 0 Å². The predicted molar refractivity (Wildman–Crippen MR) is 118 cm³/mol. The first kappa shape index (κ1) is 21.5. The molecule has 0 N–H and O–H groups in total. The zero-order chi connectivity index (χ0) is 19.0. The van der Waals surface area contributed by atoms with Crippen molar-refractivity contribution in [1.29, 1.82) is 0 Å². The summed E-state index contributed by atoms with van der Waals surface area (Å²) in [5, 5.41) is 0. The molecule has 2 aliphatic carbocycles. The molecule has 1 radical (unpaired) electrons. The standard InChI is InChI=1S/C27H32.Sc/c1-18-10-12-20(3)26-22(14-16-24(18)26)8-6-5-7-9-23-15-17-25-19(2)11-13-21(4)27(23)25;/h10-17,22-23H,5-9H2,1-4H3;. The van der Waals surface area contributed by atoms with E-state index < -0.39 is 0 Å². The van der Waals surface area contributed by atoms with E-state index in [9.17, 15) is 0 Å². The van der Waals surface area contributed by atoms with Gasteiger partial charge in [0.15, 0.2) is 0 Å². The fraction of sp³-hybridized carbons (Fsp3) is 0.407. The van der Waals surface area contributed by atoms with Gasteiger partial charge in [-0.3, -0.25) is 0 Å². The van der Waals surface area contributed by atoms with E-state index in [1.54, 1.807) is 11.1 Å². The summed E-state index contributed by atoms with van der Waals surface area (Å²) in [4.78, 5) is 0. The minimum Gasteiger partial charge on any atom is -0.0764 e. The number of allylic oxidation sites excluding steroid dienone is 2. The summed E-state index contributed by atoms with van der Waals surface area (Å²) in [7, 11) is 0. The van der Waals surface area contributed by atoms with E-state index in [2.05, 4.69) is 76.3 Å². The molecular formula is C27H32Sc. The maximum Gasteiger partial charge on any atom is 0.00299 e. The Morgan fingerprint density at radius 3 is 1.39 bits per heavy atom. The number of unbranched alkanes of at least 4 members (excludes halogenated alkanes) is 2. The fourth-order valence-corrected chi connectivity index (χ4v) is 5.14. The summed E-state index contributed by atoms with van der Waals surface area (Å²) in [6, 6.07) is 9.11. The average molecular weight is 402 g/mol. The zero-order valence-electron chi connectivity index (χ0n) is 17.9. The third-order valence-electron chi connectivity index (χ3n) is 6.71. The van der Waals surface area contributed by atoms with Crippen molar-refractivity contribution in [2.45, 2.75) is 71.6 Å². The van der Waals surface area contributed by atoms with E-state index in [4.69, 9.17) is 0 Å². The molecule has 2 atom stereocenters. The molecule has 143 valence electrons. The summed E-state index contributed by atoms with van der Waals surface area (Å²) in [6.45, 7) is 9.02. The summed E-state index contributed by atoms with van der Waals surface area (Å²) >= 11 is 0. The van der Waals surface area contributed by atoms with Crippen molar-refractivity contribution in [3.8, 4) is 0 Å². The molecular weight excluding hydrogens is 369 g/mol. The normalized spacial score (nSPS) is 18.9. The van der Waals surface area contributed by atoms with Crippen LogP contribution < -0.4 is 0 Å². The van der Waals surface area contributed by atoms with Gasteiger partial charge in [-0.1, -0.05) is 67.8 Å². The molecule has 2 aliphatic rings. The van der Waals surface area contributed by atoms with E-state index >= 15 is 0 Å². The van der Waals surface area contributed by atoms with Gasteiger partial charge in [0.2, 0.25) is 0 Å². The van der Waals surface area contributed by atoms with Crippen LogP contribution in [0.5, 0.6) is 0 Å². The molecule has 0 bridgehead atoms. The number of benzene rings is 2. The Hall–Kier alpha value is -1.21. The third-order valence-corrected chi connectivity index (χ3v) is 6.71. The van der Waals surface area contributed by atoms with Crippen LogP contribution in [-0.4, -0.2) is 0 Å². The molecule has 1 heteroatoms. The Morgan fingerprint density at radius 1 is 0.571 bits per heavy atom. The zero-order valence-corrected chi connectivity index (χ0v) is 19.7. The molecule has 2 aromatic carbocycles. The van der Waals surface area contributed by atoms with Gasteiger partial charge in [-0.15, -0.1) is 0 Å². The minimum absolute atomic E-state index is 0. The third kappa shape index (κ3) is 4.06. The van der Waals surface area contributed by atoms with Crippen molar-refractivity contribution in [3.63, 3.8) is 0 Å². The smallest absolute Gasteiger partial charge is 0.00299 e. The number of aryl methyl sites for hydroxylation is 4. The van der Waals surface area contributed by atoms with Gasteiger partial charge in [0.25, 0.3) is 0 Å². The molecule has 0 aromatic heterocycles. The number of fused-ring (bicyclic) bond motifs is 2. The van der Waals surface area contributed by atoms with Crippen molar-refractivity contribution >= 4 is 12.2 Å². The molecule has 2 unspecified atom stereocenters. The molecule has 0 saturated carbocycles. The first-order valence-electron chi connectivity index (χ1n) is 10.6. The van der Waals surface area contributed by atoms with Gasteiger partial charge in [-0.05, 0) is 85.0 Å². The molecule has 0 amide bonds. The molecule has 0 nitrogen and oxygen atoms in total. The largest absolute Gasteiger partial charge is 0.0764 e. The monoisotopic (exact) mass is 401 g/mol. The fourth-order valence-electron chi connectivity index (χ4n) is 5.14. The SMILES string of the molecule is Cc1ccc(C)c2c1C=CC2CCCCCC1C=Cc2c(C)ccc(C)c21.[Sc]. The Balaban J connectivity index is 0.00000225. The van der Waals surface area contributed by atoms with Crippen LogP contribution in [0.25, 0.3) is 12.2 Å². The van der Waals surface area contributed by atoms with E-state index in [1.807, 2.05) is 0 Å². The van der Waals surface area contributed by atoms with Gasteiger partial charge in [0, 0.05) is 37.7 Å². The summed E-state index contributed by atoms with van der Waals surface area (Å²) in [5.41, 5.74) is 11.9. The molecule has 0 heterocycles. The average Bonchev–Trinajstić information content (AvgIpc) is 3.27. The van der Waals surface area contributed by atoms with Crippen molar-refractivity contribution < 1.29 is 25.8 Å². The van der Waals surface area contributed by atoms with E-state index in [0.29, 0.717) is 11.8 Å². The van der Waals surface area contributed by atoms with Gasteiger partial charge >= 0.3 is 0 Å². The second kappa shape index (κ2) is 9.08. The van der Waals surface area contributed by atoms with Crippen LogP contribution in [0.15, 0.2) is 36.4 Å². The molecule has 4 rings (SSSR count). The molecule has 0 aliphatic heterocycles. The van der Waals surface area contributed by atoms with Crippen LogP contribution in [0, 0.1) is 27.7 Å². The quantitative estimate of drug-likeness (QED) is 0.433. The number of rotatable bonds is 6. The summed E-state index contributed by atoms with van der Waals surface area (Å²) < 4.78 is 0.